The highest BCUT2D eigenvalue weighted by Gasteiger charge is 2.30. The number of nitriles is 1. The third-order valence-corrected chi connectivity index (χ3v) is 4.26. The number of nitrogens with zero attached hydrogens (tertiary/aromatic N) is 4. The highest BCUT2D eigenvalue weighted by molar-refractivity contribution is 5.97. The first-order valence-electron chi connectivity index (χ1n) is 8.10. The molecule has 0 aliphatic carbocycles. The molecule has 1 N–H and O–H groups in total. The monoisotopic (exact) mass is 385 g/mol. The number of aromatic nitrogens is 3. The molecule has 142 valence electrons. The van der Waals surface area contributed by atoms with Crippen LogP contribution in [0, 0.1) is 11.3 Å². The van der Waals surface area contributed by atoms with Gasteiger partial charge in [-0.25, -0.2) is 5.10 Å². The first kappa shape index (κ1) is 19.1. The lowest BCUT2D eigenvalue weighted by molar-refractivity contribution is -0.137. The van der Waals surface area contributed by atoms with E-state index in [4.69, 9.17) is 5.26 Å². The molecule has 6 nitrogen and oxygen atoms in total. The Morgan fingerprint density at radius 2 is 1.93 bits per heavy atom. The van der Waals surface area contributed by atoms with E-state index in [1.807, 2.05) is 6.07 Å². The van der Waals surface area contributed by atoms with Crippen molar-refractivity contribution >= 4 is 11.6 Å². The van der Waals surface area contributed by atoms with Crippen LogP contribution in [0.3, 0.4) is 0 Å². The summed E-state index contributed by atoms with van der Waals surface area (Å²) in [5.74, 6) is -0.278. The van der Waals surface area contributed by atoms with Crippen LogP contribution in [0.4, 0.5) is 18.9 Å². The van der Waals surface area contributed by atoms with E-state index >= 15 is 0 Å². The van der Waals surface area contributed by atoms with Gasteiger partial charge in [-0.05, 0) is 29.8 Å². The number of H-pyrrole nitrogens is 1. The van der Waals surface area contributed by atoms with Gasteiger partial charge in [0.2, 0.25) is 5.91 Å². The number of carbonyl (C=O) groups is 1. The first-order chi connectivity index (χ1) is 13.2. The number of halogens is 3. The molecule has 9 heteroatoms. The molecule has 1 amide bonds. The topological polar surface area (TPSA) is 85.7 Å². The maximum atomic E-state index is 13.1. The normalized spacial score (nSPS) is 11.1. The Balaban J connectivity index is 2.23. The summed E-state index contributed by atoms with van der Waals surface area (Å²) in [4.78, 5) is 13.2. The zero-order chi connectivity index (χ0) is 20.5. The Kier molecular flexibility index (Phi) is 4.88. The van der Waals surface area contributed by atoms with Gasteiger partial charge in [0.25, 0.3) is 0 Å². The number of nitrogens with one attached hydrogen (secondary N) is 1. The van der Waals surface area contributed by atoms with Gasteiger partial charge in [0.15, 0.2) is 5.69 Å². The van der Waals surface area contributed by atoms with Gasteiger partial charge in [-0.3, -0.25) is 4.79 Å². The number of hydrogen-bond acceptors (Lipinski definition) is 4. The average Bonchev–Trinajstić information content (AvgIpc) is 3.15. The molecule has 0 spiro atoms. The molecule has 3 rings (SSSR count). The lowest BCUT2D eigenvalue weighted by atomic mass is 9.97. The van der Waals surface area contributed by atoms with Crippen LogP contribution in [0.5, 0.6) is 0 Å². The molecule has 1 aromatic heterocycles. The van der Waals surface area contributed by atoms with Crippen molar-refractivity contribution in [3.8, 4) is 28.5 Å². The van der Waals surface area contributed by atoms with Crippen LogP contribution in [0.1, 0.15) is 18.2 Å². The maximum absolute atomic E-state index is 13.1. The minimum absolute atomic E-state index is 0.127. The molecule has 0 fully saturated rings. The molecular weight excluding hydrogens is 371 g/mol. The zero-order valence-electron chi connectivity index (χ0n) is 14.9. The predicted molar refractivity (Wildman–Crippen MR) is 96.1 cm³/mol. The third kappa shape index (κ3) is 3.57. The van der Waals surface area contributed by atoms with Gasteiger partial charge in [-0.2, -0.15) is 18.4 Å². The van der Waals surface area contributed by atoms with Crippen LogP contribution in [0.15, 0.2) is 42.5 Å². The van der Waals surface area contributed by atoms with Gasteiger partial charge in [0.05, 0.1) is 11.3 Å². The molecule has 0 radical (unpaired) electrons. The number of rotatable bonds is 3. The lowest BCUT2D eigenvalue weighted by Gasteiger charge is -2.20. The van der Waals surface area contributed by atoms with E-state index in [2.05, 4.69) is 15.4 Å². The SMILES string of the molecule is CC(=O)N(C)c1ccc(-c2nn[nH]c2C#N)cc1-c1cccc(C(F)(F)F)c1. The summed E-state index contributed by atoms with van der Waals surface area (Å²) in [5, 5.41) is 19.1. The van der Waals surface area contributed by atoms with Crippen molar-refractivity contribution in [2.45, 2.75) is 13.1 Å². The Labute approximate surface area is 158 Å². The zero-order valence-corrected chi connectivity index (χ0v) is 14.9. The fourth-order valence-corrected chi connectivity index (χ4v) is 2.75. The summed E-state index contributed by atoms with van der Waals surface area (Å²) in [7, 11) is 1.53. The number of aromatic amines is 1. The van der Waals surface area contributed by atoms with E-state index in [1.165, 1.54) is 31.0 Å². The van der Waals surface area contributed by atoms with Crippen molar-refractivity contribution in [3.05, 3.63) is 53.7 Å². The van der Waals surface area contributed by atoms with Crippen molar-refractivity contribution in [2.75, 3.05) is 11.9 Å². The number of alkyl halides is 3. The molecule has 28 heavy (non-hydrogen) atoms. The van der Waals surface area contributed by atoms with Crippen molar-refractivity contribution in [1.29, 1.82) is 5.26 Å². The summed E-state index contributed by atoms with van der Waals surface area (Å²) in [6.07, 6.45) is -4.50. The van der Waals surface area contributed by atoms with Gasteiger partial charge >= 0.3 is 6.18 Å². The number of carbonyl (C=O) groups excluding carboxylic acids is 1. The molecule has 2 aromatic carbocycles. The number of hydrogen-bond donors (Lipinski definition) is 1. The molecule has 0 unspecified atom stereocenters. The van der Waals surface area contributed by atoms with Gasteiger partial charge in [-0.1, -0.05) is 23.4 Å². The number of anilines is 1. The molecule has 0 saturated heterocycles. The minimum Gasteiger partial charge on any atom is -0.315 e. The predicted octanol–water partition coefficient (Wildman–Crippen LogP) is 4.01. The van der Waals surface area contributed by atoms with Gasteiger partial charge in [0, 0.05) is 25.1 Å². The molecule has 0 saturated carbocycles. The molecule has 3 aromatic rings. The van der Waals surface area contributed by atoms with Gasteiger partial charge in [-0.15, -0.1) is 5.10 Å². The van der Waals surface area contributed by atoms with E-state index in [9.17, 15) is 18.0 Å². The fourth-order valence-electron chi connectivity index (χ4n) is 2.75. The molecule has 0 aliphatic rings. The van der Waals surface area contributed by atoms with Crippen LogP contribution < -0.4 is 4.90 Å². The second kappa shape index (κ2) is 7.15. The lowest BCUT2D eigenvalue weighted by Crippen LogP contribution is -2.23. The molecule has 0 bridgehead atoms. The van der Waals surface area contributed by atoms with Crippen LogP contribution >= 0.6 is 0 Å². The van der Waals surface area contributed by atoms with E-state index < -0.39 is 11.7 Å². The smallest absolute Gasteiger partial charge is 0.315 e. The molecule has 0 aliphatic heterocycles. The van der Waals surface area contributed by atoms with E-state index in [0.29, 0.717) is 16.8 Å². The second-order valence-corrected chi connectivity index (χ2v) is 6.04. The largest absolute Gasteiger partial charge is 0.416 e. The van der Waals surface area contributed by atoms with Crippen molar-refractivity contribution in [2.24, 2.45) is 0 Å². The highest BCUT2D eigenvalue weighted by Crippen LogP contribution is 2.37. The summed E-state index contributed by atoms with van der Waals surface area (Å²) in [6.45, 7) is 1.36. The molecule has 1 heterocycles. The van der Waals surface area contributed by atoms with Crippen molar-refractivity contribution < 1.29 is 18.0 Å². The van der Waals surface area contributed by atoms with E-state index in [0.717, 1.165) is 12.1 Å². The second-order valence-electron chi connectivity index (χ2n) is 6.04. The average molecular weight is 385 g/mol. The Morgan fingerprint density at radius 1 is 1.18 bits per heavy atom. The van der Waals surface area contributed by atoms with Crippen LogP contribution in [-0.2, 0) is 11.0 Å². The highest BCUT2D eigenvalue weighted by atomic mass is 19.4. The standard InChI is InChI=1S/C19H14F3N5O/c1-11(28)27(2)17-7-6-13(18-16(10-23)24-26-25-18)9-15(17)12-4-3-5-14(8-12)19(20,21)22/h3-9H,1-2H3,(H,24,25,26). The van der Waals surface area contributed by atoms with Crippen LogP contribution in [0.25, 0.3) is 22.4 Å². The summed E-state index contributed by atoms with van der Waals surface area (Å²) >= 11 is 0. The third-order valence-electron chi connectivity index (χ3n) is 4.26. The Bertz CT molecular complexity index is 1080. The van der Waals surface area contributed by atoms with E-state index in [1.54, 1.807) is 18.2 Å². The van der Waals surface area contributed by atoms with Crippen LogP contribution in [-0.4, -0.2) is 28.4 Å². The first-order valence-corrected chi connectivity index (χ1v) is 8.10. The van der Waals surface area contributed by atoms with E-state index in [-0.39, 0.29) is 22.9 Å². The number of amides is 1. The molecular formula is C19H14F3N5O. The Morgan fingerprint density at radius 3 is 2.57 bits per heavy atom. The number of benzene rings is 2. The Hall–Kier alpha value is -3.67. The summed E-state index contributed by atoms with van der Waals surface area (Å²) in [6, 6.07) is 11.6. The minimum atomic E-state index is -4.50. The van der Waals surface area contributed by atoms with Crippen molar-refractivity contribution in [1.82, 2.24) is 15.4 Å². The van der Waals surface area contributed by atoms with Gasteiger partial charge < -0.3 is 4.90 Å². The summed E-state index contributed by atoms with van der Waals surface area (Å²) in [5.41, 5.74) is 1.19. The fraction of sp³-hybridized carbons (Fsp3) is 0.158. The quantitative estimate of drug-likeness (QED) is 0.738. The maximum Gasteiger partial charge on any atom is 0.416 e. The summed E-state index contributed by atoms with van der Waals surface area (Å²) < 4.78 is 39.4. The van der Waals surface area contributed by atoms with Crippen LogP contribution in [0.2, 0.25) is 0 Å². The van der Waals surface area contributed by atoms with Crippen molar-refractivity contribution in [3.63, 3.8) is 0 Å². The molecule has 0 atom stereocenters. The van der Waals surface area contributed by atoms with Gasteiger partial charge in [0.1, 0.15) is 11.8 Å².